The average Bonchev–Trinajstić information content (AvgIpc) is 3.09. The van der Waals surface area contributed by atoms with Crippen molar-refractivity contribution in [1.82, 2.24) is 0 Å². The highest BCUT2D eigenvalue weighted by molar-refractivity contribution is 5.95. The lowest BCUT2D eigenvalue weighted by atomic mass is 10.00. The van der Waals surface area contributed by atoms with Crippen LogP contribution < -0.4 is 0 Å². The number of carbonyl (C=O) groups excluding carboxylic acids is 2. The molecule has 1 aliphatic heterocycles. The molecule has 0 bridgehead atoms. The van der Waals surface area contributed by atoms with Gasteiger partial charge in [-0.05, 0) is 52.2 Å². The molecular formula is C18H26O7. The third kappa shape index (κ3) is 5.31. The second kappa shape index (κ2) is 9.58. The van der Waals surface area contributed by atoms with E-state index in [2.05, 4.69) is 0 Å². The molecule has 3 atom stereocenters. The lowest BCUT2D eigenvalue weighted by Crippen LogP contribution is -2.38. The molecule has 140 valence electrons. The molecule has 1 aliphatic rings. The molecule has 2 rings (SSSR count). The van der Waals surface area contributed by atoms with E-state index in [0.29, 0.717) is 12.2 Å². The summed E-state index contributed by atoms with van der Waals surface area (Å²) in [6.45, 7) is 5.61. The lowest BCUT2D eigenvalue weighted by Gasteiger charge is -2.32. The van der Waals surface area contributed by atoms with E-state index >= 15 is 0 Å². The molecule has 1 aromatic rings. The minimum atomic E-state index is -1.27. The fraction of sp³-hybridized carbons (Fsp3) is 0.667. The van der Waals surface area contributed by atoms with Crippen LogP contribution in [0, 0.1) is 5.92 Å². The van der Waals surface area contributed by atoms with Crippen LogP contribution in [0.25, 0.3) is 0 Å². The van der Waals surface area contributed by atoms with E-state index in [-0.39, 0.29) is 19.3 Å². The third-order valence-electron chi connectivity index (χ3n) is 3.94. The van der Waals surface area contributed by atoms with Crippen molar-refractivity contribution in [2.75, 3.05) is 13.2 Å². The van der Waals surface area contributed by atoms with Gasteiger partial charge in [-0.2, -0.15) is 0 Å². The number of hydrogen-bond acceptors (Lipinski definition) is 7. The zero-order chi connectivity index (χ0) is 18.2. The number of hydrogen-bond donors (Lipinski definition) is 0. The minimum Gasteiger partial charge on any atom is -0.467 e. The number of ether oxygens (including phenoxy) is 4. The first-order valence-corrected chi connectivity index (χ1v) is 8.74. The van der Waals surface area contributed by atoms with Crippen LogP contribution in [0.3, 0.4) is 0 Å². The van der Waals surface area contributed by atoms with Crippen molar-refractivity contribution in [1.29, 1.82) is 0 Å². The second-order valence-electron chi connectivity index (χ2n) is 5.86. The quantitative estimate of drug-likeness (QED) is 0.524. The van der Waals surface area contributed by atoms with Gasteiger partial charge in [-0.25, -0.2) is 0 Å². The minimum absolute atomic E-state index is 0.0552. The van der Waals surface area contributed by atoms with Gasteiger partial charge in [0.05, 0.1) is 25.6 Å². The highest BCUT2D eigenvalue weighted by atomic mass is 16.7. The Bertz CT molecular complexity index is 522. The molecule has 1 unspecified atom stereocenters. The fourth-order valence-corrected chi connectivity index (χ4v) is 2.80. The molecular weight excluding hydrogens is 328 g/mol. The molecule has 1 fully saturated rings. The zero-order valence-corrected chi connectivity index (χ0v) is 14.9. The summed E-state index contributed by atoms with van der Waals surface area (Å²) in [6.07, 6.45) is 2.60. The summed E-state index contributed by atoms with van der Waals surface area (Å²) in [6, 6.07) is 3.33. The number of furan rings is 1. The molecule has 2 heterocycles. The van der Waals surface area contributed by atoms with Gasteiger partial charge in [0.25, 0.3) is 0 Å². The summed E-state index contributed by atoms with van der Waals surface area (Å²) in [7, 11) is 0. The van der Waals surface area contributed by atoms with E-state index < -0.39 is 30.3 Å². The van der Waals surface area contributed by atoms with Crippen LogP contribution in [-0.4, -0.2) is 37.5 Å². The van der Waals surface area contributed by atoms with E-state index in [9.17, 15) is 9.59 Å². The van der Waals surface area contributed by atoms with Gasteiger partial charge in [-0.15, -0.1) is 0 Å². The van der Waals surface area contributed by atoms with E-state index in [0.717, 1.165) is 12.8 Å². The third-order valence-corrected chi connectivity index (χ3v) is 3.94. The number of esters is 2. The van der Waals surface area contributed by atoms with Crippen LogP contribution in [0.5, 0.6) is 0 Å². The van der Waals surface area contributed by atoms with Gasteiger partial charge in [-0.3, -0.25) is 9.59 Å². The standard InChI is InChI=1S/C18H26O7/c1-4-21-17(19)15(18(20)22-5-2)16(13-9-7-11-23-13)25-14-10-6-8-12(3)24-14/h7,9,11-12,14-16H,4-6,8,10H2,1-3H3/t12-,14?,16+/m0/s1. The van der Waals surface area contributed by atoms with E-state index in [1.165, 1.54) is 6.26 Å². The first-order chi connectivity index (χ1) is 12.1. The average molecular weight is 354 g/mol. The van der Waals surface area contributed by atoms with Crippen LogP contribution in [0.1, 0.15) is 51.9 Å². The summed E-state index contributed by atoms with van der Waals surface area (Å²) < 4.78 is 27.3. The van der Waals surface area contributed by atoms with Gasteiger partial charge in [0.2, 0.25) is 0 Å². The van der Waals surface area contributed by atoms with Crippen LogP contribution in [0.15, 0.2) is 22.8 Å². The highest BCUT2D eigenvalue weighted by Crippen LogP contribution is 2.33. The maximum absolute atomic E-state index is 12.4. The number of carbonyl (C=O) groups is 2. The zero-order valence-electron chi connectivity index (χ0n) is 14.9. The summed E-state index contributed by atoms with van der Waals surface area (Å²) in [4.78, 5) is 24.8. The van der Waals surface area contributed by atoms with Crippen LogP contribution in [0.4, 0.5) is 0 Å². The lowest BCUT2D eigenvalue weighted by molar-refractivity contribution is -0.228. The Morgan fingerprint density at radius 1 is 1.20 bits per heavy atom. The maximum Gasteiger partial charge on any atom is 0.323 e. The van der Waals surface area contributed by atoms with E-state index in [4.69, 9.17) is 23.4 Å². The van der Waals surface area contributed by atoms with Gasteiger partial charge in [0.1, 0.15) is 11.9 Å². The summed E-state index contributed by atoms with van der Waals surface area (Å²) in [5.74, 6) is -2.32. The van der Waals surface area contributed by atoms with Crippen molar-refractivity contribution in [3.8, 4) is 0 Å². The van der Waals surface area contributed by atoms with Crippen molar-refractivity contribution in [2.45, 2.75) is 58.5 Å². The highest BCUT2D eigenvalue weighted by Gasteiger charge is 2.42. The Morgan fingerprint density at radius 2 is 1.88 bits per heavy atom. The van der Waals surface area contributed by atoms with Gasteiger partial charge in [0.15, 0.2) is 12.2 Å². The molecule has 0 aromatic carbocycles. The van der Waals surface area contributed by atoms with Gasteiger partial charge in [-0.1, -0.05) is 0 Å². The van der Waals surface area contributed by atoms with Crippen molar-refractivity contribution in [3.05, 3.63) is 24.2 Å². The molecule has 0 N–H and O–H groups in total. The van der Waals surface area contributed by atoms with Gasteiger partial charge < -0.3 is 23.4 Å². The molecule has 0 radical (unpaired) electrons. The van der Waals surface area contributed by atoms with Gasteiger partial charge >= 0.3 is 11.9 Å². The molecule has 0 aliphatic carbocycles. The smallest absolute Gasteiger partial charge is 0.323 e. The molecule has 0 amide bonds. The normalized spacial score (nSPS) is 21.8. The van der Waals surface area contributed by atoms with Crippen LogP contribution in [0.2, 0.25) is 0 Å². The first kappa shape index (κ1) is 19.5. The second-order valence-corrected chi connectivity index (χ2v) is 5.86. The Kier molecular flexibility index (Phi) is 7.46. The van der Waals surface area contributed by atoms with Gasteiger partial charge in [0, 0.05) is 0 Å². The van der Waals surface area contributed by atoms with Crippen LogP contribution in [-0.2, 0) is 28.5 Å². The summed E-state index contributed by atoms with van der Waals surface area (Å²) >= 11 is 0. The monoisotopic (exact) mass is 354 g/mol. The van der Waals surface area contributed by atoms with E-state index in [1.54, 1.807) is 26.0 Å². The molecule has 7 nitrogen and oxygen atoms in total. The Balaban J connectivity index is 2.26. The molecule has 0 spiro atoms. The predicted molar refractivity (Wildman–Crippen MR) is 87.5 cm³/mol. The first-order valence-electron chi connectivity index (χ1n) is 8.74. The topological polar surface area (TPSA) is 84.2 Å². The van der Waals surface area contributed by atoms with Crippen LogP contribution >= 0.6 is 0 Å². The Morgan fingerprint density at radius 3 is 2.40 bits per heavy atom. The SMILES string of the molecule is CCOC(=O)C(C(=O)OCC)[C@H](OC1CCC[C@H](C)O1)c1ccco1. The molecule has 7 heteroatoms. The Hall–Kier alpha value is -1.86. The number of rotatable bonds is 8. The summed E-state index contributed by atoms with van der Waals surface area (Å²) in [5, 5.41) is 0. The Labute approximate surface area is 147 Å². The molecule has 25 heavy (non-hydrogen) atoms. The van der Waals surface area contributed by atoms with Crippen molar-refractivity contribution < 1.29 is 33.0 Å². The van der Waals surface area contributed by atoms with Crippen molar-refractivity contribution in [2.24, 2.45) is 5.92 Å². The maximum atomic E-state index is 12.4. The summed E-state index contributed by atoms with van der Waals surface area (Å²) in [5.41, 5.74) is 0. The largest absolute Gasteiger partial charge is 0.467 e. The molecule has 0 saturated carbocycles. The van der Waals surface area contributed by atoms with Crippen molar-refractivity contribution in [3.63, 3.8) is 0 Å². The molecule has 1 saturated heterocycles. The fourth-order valence-electron chi connectivity index (χ4n) is 2.80. The predicted octanol–water partition coefficient (Wildman–Crippen LogP) is 2.99. The molecule has 1 aromatic heterocycles. The van der Waals surface area contributed by atoms with E-state index in [1.807, 2.05) is 6.92 Å². The van der Waals surface area contributed by atoms with Crippen molar-refractivity contribution >= 4 is 11.9 Å².